The van der Waals surface area contributed by atoms with Crippen molar-refractivity contribution in [3.63, 3.8) is 0 Å². The van der Waals surface area contributed by atoms with Crippen molar-refractivity contribution < 1.29 is 4.79 Å². The lowest BCUT2D eigenvalue weighted by Gasteiger charge is -2.18. The first kappa shape index (κ1) is 11.9. The summed E-state index contributed by atoms with van der Waals surface area (Å²) in [6.07, 6.45) is 4.54. The van der Waals surface area contributed by atoms with Gasteiger partial charge in [0.15, 0.2) is 0 Å². The van der Waals surface area contributed by atoms with Crippen molar-refractivity contribution in [1.29, 1.82) is 0 Å². The van der Waals surface area contributed by atoms with E-state index in [1.807, 2.05) is 6.07 Å². The number of anilines is 1. The Morgan fingerprint density at radius 3 is 2.94 bits per heavy atom. The van der Waals surface area contributed by atoms with Gasteiger partial charge in [0.05, 0.1) is 0 Å². The van der Waals surface area contributed by atoms with Gasteiger partial charge in [-0.05, 0) is 43.0 Å². The van der Waals surface area contributed by atoms with Gasteiger partial charge in [0.25, 0.3) is 0 Å². The lowest BCUT2D eigenvalue weighted by Crippen LogP contribution is -2.33. The van der Waals surface area contributed by atoms with Crippen LogP contribution in [0.25, 0.3) is 0 Å². The van der Waals surface area contributed by atoms with E-state index in [1.165, 1.54) is 24.0 Å². The summed E-state index contributed by atoms with van der Waals surface area (Å²) in [5.74, 6) is 0. The summed E-state index contributed by atoms with van der Waals surface area (Å²) in [4.78, 5) is 11.1. The molecule has 1 aromatic carbocycles. The van der Waals surface area contributed by atoms with Gasteiger partial charge in [0, 0.05) is 12.2 Å². The summed E-state index contributed by atoms with van der Waals surface area (Å²) in [5.41, 5.74) is 8.89. The zero-order valence-electron chi connectivity index (χ0n) is 9.96. The molecule has 1 aliphatic rings. The molecule has 4 heteroatoms. The molecule has 0 unspecified atom stereocenters. The highest BCUT2D eigenvalue weighted by Crippen LogP contribution is 2.21. The zero-order valence-corrected chi connectivity index (χ0v) is 9.96. The Morgan fingerprint density at radius 2 is 2.12 bits per heavy atom. The normalized spacial score (nSPS) is 13.8. The van der Waals surface area contributed by atoms with Crippen molar-refractivity contribution in [1.82, 2.24) is 5.32 Å². The third-order valence-electron chi connectivity index (χ3n) is 3.03. The van der Waals surface area contributed by atoms with Gasteiger partial charge in [-0.15, -0.1) is 0 Å². The van der Waals surface area contributed by atoms with Crippen molar-refractivity contribution >= 4 is 11.7 Å². The van der Waals surface area contributed by atoms with Crippen LogP contribution in [0.4, 0.5) is 10.5 Å². The lowest BCUT2D eigenvalue weighted by molar-refractivity contribution is 0.251. The number of fused-ring (bicyclic) bond motifs is 1. The second-order valence-corrected chi connectivity index (χ2v) is 4.40. The number of urea groups is 1. The maximum absolute atomic E-state index is 11.1. The molecule has 17 heavy (non-hydrogen) atoms. The Labute approximate surface area is 102 Å². The summed E-state index contributed by atoms with van der Waals surface area (Å²) < 4.78 is 0. The second-order valence-electron chi connectivity index (χ2n) is 4.40. The number of unbranched alkanes of at least 4 members (excludes halogenated alkanes) is 2. The molecule has 0 aliphatic carbocycles. The predicted octanol–water partition coefficient (Wildman–Crippen LogP) is 1.99. The summed E-state index contributed by atoms with van der Waals surface area (Å²) >= 11 is 0. The number of hydrogen-bond acceptors (Lipinski definition) is 2. The molecule has 0 bridgehead atoms. The van der Waals surface area contributed by atoms with Gasteiger partial charge >= 0.3 is 6.03 Å². The van der Waals surface area contributed by atoms with Crippen LogP contribution in [0, 0.1) is 0 Å². The van der Waals surface area contributed by atoms with Crippen molar-refractivity contribution in [3.05, 3.63) is 29.3 Å². The number of carbonyl (C=O) groups excluding carboxylic acids is 1. The molecule has 1 heterocycles. The molecule has 1 aromatic rings. The Hall–Kier alpha value is -1.55. The fourth-order valence-corrected chi connectivity index (χ4v) is 2.06. The largest absolute Gasteiger partial charge is 0.334 e. The van der Waals surface area contributed by atoms with E-state index in [0.717, 1.165) is 25.1 Å². The Bertz CT molecular complexity index is 404. The molecule has 92 valence electrons. The lowest BCUT2D eigenvalue weighted by atomic mass is 10.0. The highest BCUT2D eigenvalue weighted by Gasteiger charge is 2.13. The second kappa shape index (κ2) is 5.68. The number of hydrogen-bond donors (Lipinski definition) is 3. The van der Waals surface area contributed by atoms with E-state index in [4.69, 9.17) is 5.73 Å². The fourth-order valence-electron chi connectivity index (χ4n) is 2.06. The van der Waals surface area contributed by atoms with Crippen LogP contribution in [0.2, 0.25) is 0 Å². The minimum Gasteiger partial charge on any atom is -0.334 e. The van der Waals surface area contributed by atoms with Crippen molar-refractivity contribution in [2.24, 2.45) is 5.73 Å². The van der Waals surface area contributed by atoms with Crippen LogP contribution in [0.15, 0.2) is 18.2 Å². The summed E-state index contributed by atoms with van der Waals surface area (Å²) in [7, 11) is 0. The first-order valence-electron chi connectivity index (χ1n) is 6.16. The van der Waals surface area contributed by atoms with E-state index in [-0.39, 0.29) is 6.03 Å². The van der Waals surface area contributed by atoms with Crippen LogP contribution in [-0.4, -0.2) is 12.6 Å². The van der Waals surface area contributed by atoms with Crippen LogP contribution >= 0.6 is 0 Å². The number of amides is 2. The molecule has 2 amide bonds. The number of nitrogens with one attached hydrogen (secondary N) is 2. The van der Waals surface area contributed by atoms with Gasteiger partial charge < -0.3 is 16.4 Å². The topological polar surface area (TPSA) is 67.1 Å². The van der Waals surface area contributed by atoms with Gasteiger partial charge in [-0.1, -0.05) is 18.6 Å². The van der Waals surface area contributed by atoms with E-state index in [9.17, 15) is 4.79 Å². The smallest absolute Gasteiger partial charge is 0.319 e. The highest BCUT2D eigenvalue weighted by atomic mass is 16.2. The maximum Gasteiger partial charge on any atom is 0.319 e. The maximum atomic E-state index is 11.1. The number of carbonyl (C=O) groups is 1. The number of benzene rings is 1. The van der Waals surface area contributed by atoms with Crippen LogP contribution in [0.5, 0.6) is 0 Å². The molecule has 0 atom stereocenters. The van der Waals surface area contributed by atoms with E-state index in [2.05, 4.69) is 22.8 Å². The van der Waals surface area contributed by atoms with Gasteiger partial charge in [0.2, 0.25) is 0 Å². The third kappa shape index (κ3) is 3.20. The zero-order chi connectivity index (χ0) is 12.1. The quantitative estimate of drug-likeness (QED) is 0.681. The number of rotatable bonds is 5. The van der Waals surface area contributed by atoms with Crippen molar-refractivity contribution in [2.75, 3.05) is 11.9 Å². The van der Waals surface area contributed by atoms with E-state index >= 15 is 0 Å². The molecule has 0 fully saturated rings. The molecular weight excluding hydrogens is 214 g/mol. The summed E-state index contributed by atoms with van der Waals surface area (Å²) in [6.45, 7) is 1.40. The van der Waals surface area contributed by atoms with Crippen molar-refractivity contribution in [2.45, 2.75) is 32.2 Å². The number of aryl methyl sites for hydroxylation is 1. The Balaban J connectivity index is 1.94. The van der Waals surface area contributed by atoms with E-state index < -0.39 is 0 Å². The molecule has 4 nitrogen and oxygen atoms in total. The molecule has 1 aliphatic heterocycles. The summed E-state index contributed by atoms with van der Waals surface area (Å²) in [5, 5.41) is 5.57. The monoisotopic (exact) mass is 233 g/mol. The molecule has 0 saturated carbocycles. The van der Waals surface area contributed by atoms with E-state index in [0.29, 0.717) is 6.54 Å². The fraction of sp³-hybridized carbons (Fsp3) is 0.462. The molecular formula is C13H19N3O. The molecule has 0 spiro atoms. The molecule has 0 radical (unpaired) electrons. The van der Waals surface area contributed by atoms with Gasteiger partial charge in [0.1, 0.15) is 0 Å². The molecule has 0 aromatic heterocycles. The van der Waals surface area contributed by atoms with Crippen molar-refractivity contribution in [3.8, 4) is 0 Å². The highest BCUT2D eigenvalue weighted by molar-refractivity contribution is 5.92. The van der Waals surface area contributed by atoms with Crippen LogP contribution in [0.3, 0.4) is 0 Å². The first-order valence-corrected chi connectivity index (χ1v) is 6.16. The average Bonchev–Trinajstić information content (AvgIpc) is 2.35. The molecule has 2 rings (SSSR count). The molecule has 0 saturated heterocycles. The van der Waals surface area contributed by atoms with Gasteiger partial charge in [-0.25, -0.2) is 4.79 Å². The predicted molar refractivity (Wildman–Crippen MR) is 68.9 cm³/mol. The average molecular weight is 233 g/mol. The van der Waals surface area contributed by atoms with E-state index in [1.54, 1.807) is 0 Å². The standard InChI is InChI=1S/C13H19N3O/c14-7-3-1-2-4-10-5-6-12-11(8-10)9-15-13(17)16-12/h5-6,8H,1-4,7,9,14H2,(H2,15,16,17). The summed E-state index contributed by atoms with van der Waals surface area (Å²) in [6, 6.07) is 6.14. The Kier molecular flexibility index (Phi) is 3.98. The van der Waals surface area contributed by atoms with Crippen LogP contribution in [0.1, 0.15) is 30.4 Å². The minimum atomic E-state index is -0.117. The molecule has 4 N–H and O–H groups in total. The SMILES string of the molecule is NCCCCCc1ccc2c(c1)CNC(=O)N2. The first-order chi connectivity index (χ1) is 8.29. The van der Waals surface area contributed by atoms with Crippen LogP contribution in [-0.2, 0) is 13.0 Å². The minimum absolute atomic E-state index is 0.117. The Morgan fingerprint density at radius 1 is 1.24 bits per heavy atom. The van der Waals surface area contributed by atoms with Gasteiger partial charge in [-0.2, -0.15) is 0 Å². The van der Waals surface area contributed by atoms with Crippen LogP contribution < -0.4 is 16.4 Å². The third-order valence-corrected chi connectivity index (χ3v) is 3.03. The number of nitrogens with two attached hydrogens (primary N) is 1. The van der Waals surface area contributed by atoms with Gasteiger partial charge in [-0.3, -0.25) is 0 Å².